The van der Waals surface area contributed by atoms with E-state index in [1.54, 1.807) is 25.0 Å². The minimum Gasteiger partial charge on any atom is -0.359 e. The normalized spacial score (nSPS) is 10.7. The number of aromatic nitrogens is 2. The molecule has 0 unspecified atom stereocenters. The molecule has 0 aliphatic rings. The number of nitrogens with one attached hydrogen (secondary N) is 2. The first-order chi connectivity index (χ1) is 8.36. The Balaban J connectivity index is 2.18. The van der Waals surface area contributed by atoms with E-state index in [2.05, 4.69) is 25.8 Å². The van der Waals surface area contributed by atoms with E-state index in [0.717, 1.165) is 17.2 Å². The summed E-state index contributed by atoms with van der Waals surface area (Å²) in [4.78, 5) is 4.19. The molecule has 1 heterocycles. The van der Waals surface area contributed by atoms with E-state index in [4.69, 9.17) is 5.26 Å². The lowest BCUT2D eigenvalue weighted by Crippen LogP contribution is -2.31. The predicted molar refractivity (Wildman–Crippen MR) is 67.5 cm³/mol. The number of thioether (sulfide) groups is 1. The Morgan fingerprint density at radius 1 is 1.65 bits per heavy atom. The number of hydrogen-bond acceptors (Lipinski definition) is 5. The Morgan fingerprint density at radius 2 is 2.53 bits per heavy atom. The summed E-state index contributed by atoms with van der Waals surface area (Å²) in [5.41, 5.74) is 0. The summed E-state index contributed by atoms with van der Waals surface area (Å²) in [5, 5.41) is 22.4. The van der Waals surface area contributed by atoms with Crippen LogP contribution in [0.15, 0.2) is 28.3 Å². The van der Waals surface area contributed by atoms with Crippen LogP contribution in [0, 0.1) is 11.5 Å². The van der Waals surface area contributed by atoms with Gasteiger partial charge in [0.1, 0.15) is 5.03 Å². The number of guanidine groups is 1. The topological polar surface area (TPSA) is 86.0 Å². The summed E-state index contributed by atoms with van der Waals surface area (Å²) in [6.45, 7) is 0.665. The summed E-state index contributed by atoms with van der Waals surface area (Å²) in [6, 6.07) is 3.79. The highest BCUT2D eigenvalue weighted by Crippen LogP contribution is 2.13. The Kier molecular flexibility index (Phi) is 6.51. The van der Waals surface area contributed by atoms with Gasteiger partial charge in [0.05, 0.1) is 0 Å². The average Bonchev–Trinajstić information content (AvgIpc) is 2.38. The second-order valence-corrected chi connectivity index (χ2v) is 4.10. The molecule has 1 rings (SSSR count). The molecule has 90 valence electrons. The van der Waals surface area contributed by atoms with Crippen LogP contribution in [-0.4, -0.2) is 35.5 Å². The molecule has 0 atom stereocenters. The van der Waals surface area contributed by atoms with Gasteiger partial charge in [0.2, 0.25) is 5.96 Å². The Labute approximate surface area is 105 Å². The highest BCUT2D eigenvalue weighted by atomic mass is 32.2. The molecule has 0 aromatic carbocycles. The van der Waals surface area contributed by atoms with Gasteiger partial charge in [-0.3, -0.25) is 10.3 Å². The summed E-state index contributed by atoms with van der Waals surface area (Å²) in [6.07, 6.45) is 4.39. The van der Waals surface area contributed by atoms with Gasteiger partial charge in [-0.25, -0.2) is 0 Å². The maximum Gasteiger partial charge on any atom is 0.204 e. The smallest absolute Gasteiger partial charge is 0.204 e. The van der Waals surface area contributed by atoms with Crippen molar-refractivity contribution in [1.82, 2.24) is 20.8 Å². The molecule has 0 bridgehead atoms. The molecule has 0 fully saturated rings. The molecule has 1 aromatic rings. The summed E-state index contributed by atoms with van der Waals surface area (Å²) >= 11 is 1.64. The fourth-order valence-electron chi connectivity index (χ4n) is 1.03. The van der Waals surface area contributed by atoms with Crippen LogP contribution in [0.1, 0.15) is 6.42 Å². The minimum atomic E-state index is 0.497. The predicted octanol–water partition coefficient (Wildman–Crippen LogP) is 0.605. The third-order valence-electron chi connectivity index (χ3n) is 1.78. The molecule has 0 aliphatic carbocycles. The maximum absolute atomic E-state index is 8.42. The highest BCUT2D eigenvalue weighted by Gasteiger charge is 1.95. The van der Waals surface area contributed by atoms with E-state index in [1.807, 2.05) is 18.3 Å². The average molecular weight is 250 g/mol. The highest BCUT2D eigenvalue weighted by molar-refractivity contribution is 7.99. The molecular formula is C10H14N6S. The number of nitriles is 1. The SMILES string of the molecule is CN/C(=N/CCCSc1cccnn1)NC#N. The van der Waals surface area contributed by atoms with Crippen molar-refractivity contribution in [2.24, 2.45) is 4.99 Å². The van der Waals surface area contributed by atoms with Gasteiger partial charge in [0, 0.05) is 25.5 Å². The van der Waals surface area contributed by atoms with Gasteiger partial charge in [-0.15, -0.1) is 16.9 Å². The first-order valence-electron chi connectivity index (χ1n) is 5.14. The summed E-state index contributed by atoms with van der Waals surface area (Å²) < 4.78 is 0. The molecule has 6 nitrogen and oxygen atoms in total. The second-order valence-electron chi connectivity index (χ2n) is 2.98. The first-order valence-corrected chi connectivity index (χ1v) is 6.13. The van der Waals surface area contributed by atoms with E-state index in [1.165, 1.54) is 0 Å². The van der Waals surface area contributed by atoms with Crippen LogP contribution in [0.3, 0.4) is 0 Å². The van der Waals surface area contributed by atoms with Crippen molar-refractivity contribution < 1.29 is 0 Å². The van der Waals surface area contributed by atoms with E-state index in [-0.39, 0.29) is 0 Å². The molecule has 0 aliphatic heterocycles. The number of aliphatic imine (C=N–C) groups is 1. The lowest BCUT2D eigenvalue weighted by Gasteiger charge is -2.02. The van der Waals surface area contributed by atoms with Gasteiger partial charge in [0.25, 0.3) is 0 Å². The molecule has 2 N–H and O–H groups in total. The fourth-order valence-corrected chi connectivity index (χ4v) is 1.79. The van der Waals surface area contributed by atoms with Gasteiger partial charge in [-0.05, 0) is 18.6 Å². The van der Waals surface area contributed by atoms with Gasteiger partial charge in [-0.2, -0.15) is 10.4 Å². The van der Waals surface area contributed by atoms with Crippen LogP contribution >= 0.6 is 11.8 Å². The van der Waals surface area contributed by atoms with E-state index >= 15 is 0 Å². The molecule has 0 saturated heterocycles. The Bertz CT molecular complexity index is 386. The minimum absolute atomic E-state index is 0.497. The van der Waals surface area contributed by atoms with Crippen LogP contribution in [-0.2, 0) is 0 Å². The first kappa shape index (κ1) is 13.3. The molecule has 17 heavy (non-hydrogen) atoms. The van der Waals surface area contributed by atoms with Crippen molar-refractivity contribution >= 4 is 17.7 Å². The monoisotopic (exact) mass is 250 g/mol. The zero-order valence-electron chi connectivity index (χ0n) is 9.55. The van der Waals surface area contributed by atoms with Crippen molar-refractivity contribution in [2.45, 2.75) is 11.4 Å². The van der Waals surface area contributed by atoms with Crippen molar-refractivity contribution in [3.05, 3.63) is 18.3 Å². The zero-order valence-corrected chi connectivity index (χ0v) is 10.4. The lowest BCUT2D eigenvalue weighted by atomic mass is 10.5. The van der Waals surface area contributed by atoms with Crippen molar-refractivity contribution in [3.63, 3.8) is 0 Å². The van der Waals surface area contributed by atoms with Crippen LogP contribution in [0.5, 0.6) is 0 Å². The lowest BCUT2D eigenvalue weighted by molar-refractivity contribution is 0.900. The van der Waals surface area contributed by atoms with Crippen molar-refractivity contribution in [2.75, 3.05) is 19.3 Å². The second kappa shape index (κ2) is 8.35. The third kappa shape index (κ3) is 5.73. The van der Waals surface area contributed by atoms with Gasteiger partial charge < -0.3 is 5.32 Å². The molecular weight excluding hydrogens is 236 g/mol. The maximum atomic E-state index is 8.42. The summed E-state index contributed by atoms with van der Waals surface area (Å²) in [5.74, 6) is 1.42. The van der Waals surface area contributed by atoms with Crippen molar-refractivity contribution in [1.29, 1.82) is 5.26 Å². The van der Waals surface area contributed by atoms with Crippen LogP contribution in [0.2, 0.25) is 0 Å². The molecule has 7 heteroatoms. The number of nitrogens with zero attached hydrogens (tertiary/aromatic N) is 4. The zero-order chi connectivity index (χ0) is 12.3. The van der Waals surface area contributed by atoms with Gasteiger partial charge in [-0.1, -0.05) is 0 Å². The molecule has 0 saturated carbocycles. The van der Waals surface area contributed by atoms with Crippen LogP contribution in [0.4, 0.5) is 0 Å². The number of rotatable bonds is 5. The molecule has 0 spiro atoms. The quantitative estimate of drug-likeness (QED) is 0.199. The van der Waals surface area contributed by atoms with Crippen LogP contribution in [0.25, 0.3) is 0 Å². The van der Waals surface area contributed by atoms with E-state index in [9.17, 15) is 0 Å². The Morgan fingerprint density at radius 3 is 3.18 bits per heavy atom. The fraction of sp³-hybridized carbons (Fsp3) is 0.400. The van der Waals surface area contributed by atoms with Gasteiger partial charge in [0.15, 0.2) is 6.19 Å². The van der Waals surface area contributed by atoms with E-state index < -0.39 is 0 Å². The molecule has 1 aromatic heterocycles. The molecule has 0 radical (unpaired) electrons. The van der Waals surface area contributed by atoms with Crippen LogP contribution < -0.4 is 10.6 Å². The van der Waals surface area contributed by atoms with E-state index in [0.29, 0.717) is 12.5 Å². The number of hydrogen-bond donors (Lipinski definition) is 2. The largest absolute Gasteiger partial charge is 0.359 e. The van der Waals surface area contributed by atoms with Crippen molar-refractivity contribution in [3.8, 4) is 6.19 Å². The summed E-state index contributed by atoms with van der Waals surface area (Å²) in [7, 11) is 1.72. The molecule has 0 amide bonds. The standard InChI is InChI=1S/C10H14N6S/c1-12-10(14-8-11)13-5-3-7-17-9-4-2-6-15-16-9/h2,4,6H,3,5,7H2,1H3,(H2,12,13,14). The Hall–Kier alpha value is -1.81. The van der Waals surface area contributed by atoms with Gasteiger partial charge >= 0.3 is 0 Å². The third-order valence-corrected chi connectivity index (χ3v) is 2.79.